The Morgan fingerprint density at radius 2 is 1.21 bits per heavy atom. The number of rotatable bonds is 13. The number of aliphatic carboxylic acids is 1. The van der Waals surface area contributed by atoms with Crippen LogP contribution in [0.15, 0.2) is 157 Å². The Morgan fingerprint density at radius 3 is 1.85 bits per heavy atom. The van der Waals surface area contributed by atoms with Crippen molar-refractivity contribution < 1.29 is 38.6 Å². The summed E-state index contributed by atoms with van der Waals surface area (Å²) in [6.07, 6.45) is 0.578. The molecule has 5 aromatic carbocycles. The predicted molar refractivity (Wildman–Crippen MR) is 251 cm³/mol. The summed E-state index contributed by atoms with van der Waals surface area (Å²) in [6, 6.07) is 39.8. The zero-order chi connectivity index (χ0) is 46.3. The largest absolute Gasteiger partial charge is 0.484 e. The van der Waals surface area contributed by atoms with Crippen LogP contribution in [0, 0.1) is 0 Å². The lowest BCUT2D eigenvalue weighted by Crippen LogP contribution is -2.60. The second-order valence-electron chi connectivity index (χ2n) is 16.1. The van der Waals surface area contributed by atoms with Gasteiger partial charge in [0.25, 0.3) is 5.91 Å². The second kappa shape index (κ2) is 22.9. The van der Waals surface area contributed by atoms with Crippen LogP contribution in [-0.2, 0) is 60.9 Å². The number of amides is 5. The van der Waals surface area contributed by atoms with Gasteiger partial charge in [0.1, 0.15) is 36.0 Å². The van der Waals surface area contributed by atoms with Crippen LogP contribution in [0.4, 0.5) is 0 Å². The second-order valence-corrected chi connectivity index (χ2v) is 17.1. The zero-order valence-corrected chi connectivity index (χ0v) is 36.9. The van der Waals surface area contributed by atoms with Gasteiger partial charge in [0.05, 0.1) is 0 Å². The molecule has 0 unspecified atom stereocenters. The molecule has 5 amide bonds. The average molecular weight is 906 g/mol. The van der Waals surface area contributed by atoms with Gasteiger partial charge in [-0.05, 0) is 69.8 Å². The number of carbonyl (C=O) groups is 6. The third kappa shape index (κ3) is 13.5. The molecule has 0 aliphatic carbocycles. The highest BCUT2D eigenvalue weighted by Gasteiger charge is 2.33. The Bertz CT molecular complexity index is 2560. The van der Waals surface area contributed by atoms with E-state index in [1.807, 2.05) is 102 Å². The minimum Gasteiger partial charge on any atom is -0.484 e. The molecule has 13 nitrogen and oxygen atoms in total. The SMILES string of the molecule is O=C1COc2ccc(cc2)C[C@@H](C(=O)N[C@@H](Cc2ccccc2)C(=O)O)NC(=O)[C@@H](CCc2ccccc2)NC(=O)[C@H](Cc2ccc(-c3ccccc3)cc2)NC(=O)[C@@H](Cc2cccs2)N1. The molecule has 6 N–H and O–H groups in total. The first-order valence-corrected chi connectivity index (χ1v) is 22.6. The summed E-state index contributed by atoms with van der Waals surface area (Å²) in [4.78, 5) is 84.5. The van der Waals surface area contributed by atoms with Gasteiger partial charge in [-0.2, -0.15) is 0 Å². The molecule has 0 saturated heterocycles. The number of benzene rings is 5. The molecule has 0 radical (unpaired) electrons. The maximum Gasteiger partial charge on any atom is 0.326 e. The molecule has 8 rings (SSSR count). The Kier molecular flexibility index (Phi) is 16.1. The van der Waals surface area contributed by atoms with Gasteiger partial charge < -0.3 is 36.4 Å². The quantitative estimate of drug-likeness (QED) is 0.0851. The van der Waals surface area contributed by atoms with Crippen molar-refractivity contribution in [1.29, 1.82) is 0 Å². The molecule has 338 valence electrons. The fourth-order valence-electron chi connectivity index (χ4n) is 7.66. The Balaban J connectivity index is 1.22. The van der Waals surface area contributed by atoms with Crippen molar-refractivity contribution >= 4 is 46.8 Å². The minimum atomic E-state index is -1.32. The number of carboxylic acid groups (broad SMARTS) is 1. The lowest BCUT2D eigenvalue weighted by molar-refractivity contribution is -0.142. The fourth-order valence-corrected chi connectivity index (χ4v) is 8.42. The lowest BCUT2D eigenvalue weighted by Gasteiger charge is -2.27. The van der Waals surface area contributed by atoms with Crippen LogP contribution in [0.1, 0.15) is 33.6 Å². The van der Waals surface area contributed by atoms with Crippen molar-refractivity contribution in [2.24, 2.45) is 0 Å². The number of thiophene rings is 1. The maximum atomic E-state index is 14.7. The summed E-state index contributed by atoms with van der Waals surface area (Å²) in [5.74, 6) is -4.22. The number of ether oxygens (including phenoxy) is 1. The highest BCUT2D eigenvalue weighted by Crippen LogP contribution is 2.21. The van der Waals surface area contributed by atoms with E-state index < -0.39 is 72.3 Å². The summed E-state index contributed by atoms with van der Waals surface area (Å²) in [5.41, 5.74) is 4.85. The van der Waals surface area contributed by atoms with Gasteiger partial charge in [-0.1, -0.05) is 133 Å². The molecule has 66 heavy (non-hydrogen) atoms. The molecular formula is C52H51N5O8S. The molecule has 3 heterocycles. The number of aryl methyl sites for hydroxylation is 1. The Morgan fingerprint density at radius 1 is 0.621 bits per heavy atom. The Labute approximate surface area is 387 Å². The van der Waals surface area contributed by atoms with Crippen LogP contribution >= 0.6 is 11.3 Å². The molecule has 0 saturated carbocycles. The minimum absolute atomic E-state index is 0.00573. The highest BCUT2D eigenvalue weighted by atomic mass is 32.1. The molecule has 0 spiro atoms. The first kappa shape index (κ1) is 46.4. The van der Waals surface area contributed by atoms with E-state index >= 15 is 0 Å². The fraction of sp³-hybridized carbons (Fsp3) is 0.231. The van der Waals surface area contributed by atoms with E-state index in [1.165, 1.54) is 11.3 Å². The van der Waals surface area contributed by atoms with Gasteiger partial charge in [0, 0.05) is 30.6 Å². The van der Waals surface area contributed by atoms with Crippen LogP contribution in [0.3, 0.4) is 0 Å². The van der Waals surface area contributed by atoms with Gasteiger partial charge in [-0.25, -0.2) is 4.79 Å². The molecule has 14 heteroatoms. The summed E-state index contributed by atoms with van der Waals surface area (Å²) < 4.78 is 5.80. The van der Waals surface area contributed by atoms with E-state index in [4.69, 9.17) is 4.74 Å². The first-order chi connectivity index (χ1) is 32.1. The summed E-state index contributed by atoms with van der Waals surface area (Å²) in [7, 11) is 0. The normalized spacial score (nSPS) is 18.7. The predicted octanol–water partition coefficient (Wildman–Crippen LogP) is 5.22. The number of nitrogens with one attached hydrogen (secondary N) is 5. The van der Waals surface area contributed by atoms with Gasteiger partial charge in [0.15, 0.2) is 6.61 Å². The van der Waals surface area contributed by atoms with E-state index in [0.29, 0.717) is 23.3 Å². The van der Waals surface area contributed by atoms with Crippen LogP contribution in [0.5, 0.6) is 5.75 Å². The molecule has 6 aromatic rings. The average Bonchev–Trinajstić information content (AvgIpc) is 3.85. The number of hydrogen-bond acceptors (Lipinski definition) is 8. The topological polar surface area (TPSA) is 192 Å². The third-order valence-corrected chi connectivity index (χ3v) is 12.1. The third-order valence-electron chi connectivity index (χ3n) is 11.2. The molecular weight excluding hydrogens is 855 g/mol. The number of fused-ring (bicyclic) bond motifs is 16. The number of carboxylic acids is 1. The number of carbonyl (C=O) groups excluding carboxylic acids is 5. The highest BCUT2D eigenvalue weighted by molar-refractivity contribution is 7.09. The van der Waals surface area contributed by atoms with Gasteiger partial charge in [-0.15, -0.1) is 11.3 Å². The summed E-state index contributed by atoms with van der Waals surface area (Å²) in [5, 5.41) is 26.1. The van der Waals surface area contributed by atoms with Crippen LogP contribution < -0.4 is 31.3 Å². The van der Waals surface area contributed by atoms with E-state index in [-0.39, 0.29) is 32.1 Å². The van der Waals surface area contributed by atoms with E-state index in [0.717, 1.165) is 27.1 Å². The Hall–Kier alpha value is -7.58. The van der Waals surface area contributed by atoms with Crippen molar-refractivity contribution in [3.8, 4) is 16.9 Å². The van der Waals surface area contributed by atoms with Crippen LogP contribution in [0.2, 0.25) is 0 Å². The van der Waals surface area contributed by atoms with Crippen LogP contribution in [-0.4, -0.2) is 77.4 Å². The van der Waals surface area contributed by atoms with Crippen molar-refractivity contribution in [1.82, 2.24) is 26.6 Å². The molecule has 2 aliphatic heterocycles. The van der Waals surface area contributed by atoms with Crippen molar-refractivity contribution in [2.45, 2.75) is 68.7 Å². The van der Waals surface area contributed by atoms with E-state index in [1.54, 1.807) is 54.6 Å². The van der Waals surface area contributed by atoms with Gasteiger partial charge in [0.2, 0.25) is 23.6 Å². The zero-order valence-electron chi connectivity index (χ0n) is 36.1. The van der Waals surface area contributed by atoms with Crippen molar-refractivity contribution in [2.75, 3.05) is 6.61 Å². The molecule has 2 aliphatic rings. The van der Waals surface area contributed by atoms with Crippen molar-refractivity contribution in [3.05, 3.63) is 184 Å². The monoisotopic (exact) mass is 905 g/mol. The maximum absolute atomic E-state index is 14.7. The summed E-state index contributed by atoms with van der Waals surface area (Å²) >= 11 is 1.42. The molecule has 1 aromatic heterocycles. The van der Waals surface area contributed by atoms with Gasteiger partial charge in [-0.3, -0.25) is 24.0 Å². The molecule has 5 atom stereocenters. The molecule has 2 bridgehead atoms. The molecule has 0 fully saturated rings. The smallest absolute Gasteiger partial charge is 0.326 e. The van der Waals surface area contributed by atoms with Gasteiger partial charge >= 0.3 is 5.97 Å². The first-order valence-electron chi connectivity index (χ1n) is 21.8. The van der Waals surface area contributed by atoms with Crippen LogP contribution in [0.25, 0.3) is 11.1 Å². The standard InChI is InChI=1S/C52H51N5O8S/c58-47-33-65-40-25-20-37(21-26-40)30-44(50(61)57-46(52(63)64)31-35-13-6-2-7-14-35)55-48(59)42(27-22-34-11-4-1-5-12-34)54-49(60)43(56-51(62)45(53-47)32-41-17-10-28-66-41)29-36-18-23-39(24-19-36)38-15-8-3-9-16-38/h1-21,23-26,28,42-46H,22,27,29-33H2,(H,53,58)(H,54,60)(H,55,59)(H,56,62)(H,57,61)(H,63,64)/t42-,43+,44+,45-,46+/m1/s1. The van der Waals surface area contributed by atoms with Crippen molar-refractivity contribution in [3.63, 3.8) is 0 Å². The summed E-state index contributed by atoms with van der Waals surface area (Å²) in [6.45, 7) is -0.423. The lowest BCUT2D eigenvalue weighted by atomic mass is 9.99. The van der Waals surface area contributed by atoms with E-state index in [9.17, 15) is 33.9 Å². The van der Waals surface area contributed by atoms with E-state index in [2.05, 4.69) is 26.6 Å². The number of hydrogen-bond donors (Lipinski definition) is 6.